The molecule has 0 saturated heterocycles. The summed E-state index contributed by atoms with van der Waals surface area (Å²) in [6, 6.07) is 9.18. The summed E-state index contributed by atoms with van der Waals surface area (Å²) in [5.41, 5.74) is 8.19. The zero-order valence-electron chi connectivity index (χ0n) is 21.8. The predicted molar refractivity (Wildman–Crippen MR) is 138 cm³/mol. The van der Waals surface area contributed by atoms with Gasteiger partial charge in [-0.05, 0) is 85.6 Å². The van der Waals surface area contributed by atoms with Crippen LogP contribution >= 0.6 is 0 Å². The van der Waals surface area contributed by atoms with Gasteiger partial charge in [0.2, 0.25) is 5.91 Å². The van der Waals surface area contributed by atoms with E-state index in [-0.39, 0.29) is 22.8 Å². The number of hydrogen-bond acceptors (Lipinski definition) is 2. The van der Waals surface area contributed by atoms with Crippen LogP contribution in [-0.4, -0.2) is 11.5 Å². The van der Waals surface area contributed by atoms with E-state index in [9.17, 15) is 4.79 Å². The second-order valence-corrected chi connectivity index (χ2v) is 11.9. The maximum atomic E-state index is 12.9. The van der Waals surface area contributed by atoms with E-state index in [1.807, 2.05) is 0 Å². The fourth-order valence-electron chi connectivity index (χ4n) is 5.91. The van der Waals surface area contributed by atoms with E-state index in [1.54, 1.807) is 0 Å². The number of nitrogens with one attached hydrogen (secondary N) is 1. The summed E-state index contributed by atoms with van der Waals surface area (Å²) in [4.78, 5) is 12.9. The fraction of sp³-hybridized carbons (Fsp3) is 0.567. The van der Waals surface area contributed by atoms with Gasteiger partial charge in [0.05, 0.1) is 5.92 Å². The predicted octanol–water partition coefficient (Wildman–Crippen LogP) is 7.95. The molecule has 3 heteroatoms. The van der Waals surface area contributed by atoms with Gasteiger partial charge in [-0.3, -0.25) is 4.79 Å². The number of hydrogen-bond donors (Lipinski definition) is 1. The summed E-state index contributed by atoms with van der Waals surface area (Å²) in [6.07, 6.45) is 5.09. The zero-order valence-corrected chi connectivity index (χ0v) is 21.8. The minimum Gasteiger partial charge on any atom is -0.486 e. The van der Waals surface area contributed by atoms with Gasteiger partial charge in [0, 0.05) is 17.7 Å². The minimum absolute atomic E-state index is 0.0463. The molecule has 0 radical (unpaired) electrons. The van der Waals surface area contributed by atoms with E-state index in [0.717, 1.165) is 41.0 Å². The number of amides is 1. The third kappa shape index (κ3) is 4.32. The molecule has 1 saturated carbocycles. The van der Waals surface area contributed by atoms with E-state index >= 15 is 0 Å². The molecule has 1 atom stereocenters. The number of benzene rings is 2. The Labute approximate surface area is 200 Å². The van der Waals surface area contributed by atoms with Crippen molar-refractivity contribution in [3.05, 3.63) is 57.6 Å². The molecular formula is C30H41NO2. The molecule has 3 nitrogen and oxygen atoms in total. The Hall–Kier alpha value is -2.29. The number of fused-ring (bicyclic) bond motifs is 1. The van der Waals surface area contributed by atoms with Crippen LogP contribution in [0.2, 0.25) is 0 Å². The molecule has 0 aromatic heterocycles. The van der Waals surface area contributed by atoms with Crippen molar-refractivity contribution in [2.75, 3.05) is 5.32 Å². The number of rotatable bonds is 4. The van der Waals surface area contributed by atoms with Gasteiger partial charge in [0.15, 0.2) is 0 Å². The monoisotopic (exact) mass is 447 g/mol. The van der Waals surface area contributed by atoms with Crippen molar-refractivity contribution >= 4 is 11.6 Å². The van der Waals surface area contributed by atoms with Gasteiger partial charge < -0.3 is 10.1 Å². The van der Waals surface area contributed by atoms with Crippen LogP contribution in [0.5, 0.6) is 5.75 Å². The highest BCUT2D eigenvalue weighted by molar-refractivity contribution is 5.94. The number of anilines is 1. The molecule has 0 bridgehead atoms. The van der Waals surface area contributed by atoms with E-state index in [1.165, 1.54) is 29.5 Å². The van der Waals surface area contributed by atoms with Gasteiger partial charge in [0.1, 0.15) is 11.4 Å². The summed E-state index contributed by atoms with van der Waals surface area (Å²) in [5.74, 6) is 1.86. The van der Waals surface area contributed by atoms with Crippen LogP contribution in [0, 0.1) is 26.2 Å². The Balaban J connectivity index is 1.83. The normalized spacial score (nSPS) is 19.1. The average Bonchev–Trinajstić information content (AvgIpc) is 3.33. The Morgan fingerprint density at radius 3 is 2.18 bits per heavy atom. The molecule has 178 valence electrons. The van der Waals surface area contributed by atoms with Gasteiger partial charge in [-0.2, -0.15) is 0 Å². The minimum atomic E-state index is -0.169. The van der Waals surface area contributed by atoms with Crippen LogP contribution < -0.4 is 10.1 Å². The summed E-state index contributed by atoms with van der Waals surface area (Å²) in [5, 5.41) is 3.29. The van der Waals surface area contributed by atoms with Crippen molar-refractivity contribution in [1.82, 2.24) is 0 Å². The molecular weight excluding hydrogens is 406 g/mol. The first-order valence-corrected chi connectivity index (χ1v) is 12.7. The molecule has 2 aliphatic rings. The second kappa shape index (κ2) is 8.49. The molecule has 1 fully saturated rings. The van der Waals surface area contributed by atoms with Gasteiger partial charge >= 0.3 is 0 Å². The van der Waals surface area contributed by atoms with E-state index in [4.69, 9.17) is 4.74 Å². The SMILES string of the molecule is Cc1c(C)c2c(c(C)c1NC(=O)CC(C)(C)C)C(c1ccc(C(C)C)cc1)C1(CCCC1)O2. The lowest BCUT2D eigenvalue weighted by Gasteiger charge is -2.31. The lowest BCUT2D eigenvalue weighted by atomic mass is 9.75. The van der Waals surface area contributed by atoms with Gasteiger partial charge in [-0.25, -0.2) is 0 Å². The highest BCUT2D eigenvalue weighted by Gasteiger charge is 2.52. The van der Waals surface area contributed by atoms with Crippen molar-refractivity contribution in [3.8, 4) is 5.75 Å². The Morgan fingerprint density at radius 1 is 1.03 bits per heavy atom. The topological polar surface area (TPSA) is 38.3 Å². The molecule has 1 aliphatic heterocycles. The largest absolute Gasteiger partial charge is 0.486 e. The van der Waals surface area contributed by atoms with Crippen LogP contribution in [0.1, 0.15) is 112 Å². The molecule has 1 aliphatic carbocycles. The van der Waals surface area contributed by atoms with E-state index < -0.39 is 0 Å². The van der Waals surface area contributed by atoms with Gasteiger partial charge in [0.25, 0.3) is 0 Å². The molecule has 1 spiro atoms. The molecule has 33 heavy (non-hydrogen) atoms. The van der Waals surface area contributed by atoms with Crippen LogP contribution in [-0.2, 0) is 4.79 Å². The van der Waals surface area contributed by atoms with Crippen LogP contribution in [0.15, 0.2) is 24.3 Å². The molecule has 2 aromatic rings. The summed E-state index contributed by atoms with van der Waals surface area (Å²) >= 11 is 0. The molecule has 4 rings (SSSR count). The smallest absolute Gasteiger partial charge is 0.224 e. The zero-order chi connectivity index (χ0) is 24.1. The maximum absolute atomic E-state index is 12.9. The highest BCUT2D eigenvalue weighted by atomic mass is 16.5. The lowest BCUT2D eigenvalue weighted by molar-refractivity contribution is -0.117. The lowest BCUT2D eigenvalue weighted by Crippen LogP contribution is -2.35. The summed E-state index contributed by atoms with van der Waals surface area (Å²) < 4.78 is 6.92. The number of ether oxygens (including phenoxy) is 1. The molecule has 2 aromatic carbocycles. The van der Waals surface area contributed by atoms with Crippen molar-refractivity contribution in [1.29, 1.82) is 0 Å². The Kier molecular flexibility index (Phi) is 6.14. The third-order valence-electron chi connectivity index (χ3n) is 7.76. The first kappa shape index (κ1) is 23.9. The first-order chi connectivity index (χ1) is 15.4. The van der Waals surface area contributed by atoms with Gasteiger partial charge in [-0.15, -0.1) is 0 Å². The molecule has 1 heterocycles. The van der Waals surface area contributed by atoms with Crippen molar-refractivity contribution < 1.29 is 9.53 Å². The van der Waals surface area contributed by atoms with E-state index in [2.05, 4.69) is 85.0 Å². The van der Waals surface area contributed by atoms with E-state index in [0.29, 0.717) is 12.3 Å². The van der Waals surface area contributed by atoms with Crippen molar-refractivity contribution in [2.24, 2.45) is 5.41 Å². The first-order valence-electron chi connectivity index (χ1n) is 12.7. The highest BCUT2D eigenvalue weighted by Crippen LogP contribution is 2.58. The fourth-order valence-corrected chi connectivity index (χ4v) is 5.91. The third-order valence-corrected chi connectivity index (χ3v) is 7.76. The second-order valence-electron chi connectivity index (χ2n) is 11.9. The average molecular weight is 448 g/mol. The summed E-state index contributed by atoms with van der Waals surface area (Å²) in [7, 11) is 0. The Bertz CT molecular complexity index is 1050. The maximum Gasteiger partial charge on any atom is 0.224 e. The summed E-state index contributed by atoms with van der Waals surface area (Å²) in [6.45, 7) is 17.2. The quantitative estimate of drug-likeness (QED) is 0.516. The Morgan fingerprint density at radius 2 is 1.64 bits per heavy atom. The standard InChI is InChI=1S/C30H41NO2/c1-18(2)22-11-13-23(14-12-22)26-25-21(5)27(31-24(32)17-29(6,7)8)19(3)20(4)28(25)33-30(26)15-9-10-16-30/h11-14,18,26H,9-10,15-17H2,1-8H3,(H,31,32). The van der Waals surface area contributed by atoms with Crippen LogP contribution in [0.25, 0.3) is 0 Å². The van der Waals surface area contributed by atoms with Crippen molar-refractivity contribution in [2.45, 2.75) is 105 Å². The molecule has 1 unspecified atom stereocenters. The molecule has 1 amide bonds. The van der Waals surface area contributed by atoms with Crippen LogP contribution in [0.4, 0.5) is 5.69 Å². The number of carbonyl (C=O) groups is 1. The van der Waals surface area contributed by atoms with Gasteiger partial charge in [-0.1, -0.05) is 58.9 Å². The van der Waals surface area contributed by atoms with Crippen LogP contribution in [0.3, 0.4) is 0 Å². The number of carbonyl (C=O) groups excluding carboxylic acids is 1. The molecule has 1 N–H and O–H groups in total. The van der Waals surface area contributed by atoms with Crippen molar-refractivity contribution in [3.63, 3.8) is 0 Å².